The fraction of sp³-hybridized carbons (Fsp3) is 0.222. The summed E-state index contributed by atoms with van der Waals surface area (Å²) < 4.78 is 0. The third kappa shape index (κ3) is 2.57. The zero-order valence-corrected chi connectivity index (χ0v) is 7.38. The zero-order chi connectivity index (χ0) is 8.81. The van der Waals surface area contributed by atoms with Gasteiger partial charge in [-0.1, -0.05) is 12.0 Å². The van der Waals surface area contributed by atoms with Crippen molar-refractivity contribution in [2.45, 2.75) is 6.61 Å². The molecule has 0 aliphatic rings. The van der Waals surface area contributed by atoms with Crippen LogP contribution in [0.3, 0.4) is 0 Å². The van der Waals surface area contributed by atoms with Crippen LogP contribution in [0.1, 0.15) is 11.3 Å². The van der Waals surface area contributed by atoms with Crippen LogP contribution in [0.15, 0.2) is 18.3 Å². The van der Waals surface area contributed by atoms with Crippen molar-refractivity contribution in [1.29, 1.82) is 0 Å². The lowest BCUT2D eigenvalue weighted by molar-refractivity contribution is 0.281. The van der Waals surface area contributed by atoms with Crippen molar-refractivity contribution >= 4 is 12.6 Å². The molecule has 0 spiro atoms. The van der Waals surface area contributed by atoms with Gasteiger partial charge in [-0.2, -0.15) is 12.6 Å². The number of aromatic nitrogens is 1. The zero-order valence-electron chi connectivity index (χ0n) is 6.49. The molecule has 12 heavy (non-hydrogen) atoms. The highest BCUT2D eigenvalue weighted by Gasteiger charge is 1.89. The highest BCUT2D eigenvalue weighted by Crippen LogP contribution is 1.98. The first-order chi connectivity index (χ1) is 5.86. The average Bonchev–Trinajstić information content (AvgIpc) is 2.15. The number of thiol groups is 1. The number of aliphatic hydroxyl groups is 1. The lowest BCUT2D eigenvalue weighted by Gasteiger charge is -1.93. The van der Waals surface area contributed by atoms with Crippen molar-refractivity contribution in [3.05, 3.63) is 29.6 Å². The van der Waals surface area contributed by atoms with E-state index in [9.17, 15) is 0 Å². The molecule has 1 aromatic heterocycles. The molecule has 0 bridgehead atoms. The van der Waals surface area contributed by atoms with Crippen molar-refractivity contribution in [3.8, 4) is 11.8 Å². The first-order valence-corrected chi connectivity index (χ1v) is 4.15. The van der Waals surface area contributed by atoms with Gasteiger partial charge in [-0.25, -0.2) is 4.98 Å². The molecule has 3 heteroatoms. The van der Waals surface area contributed by atoms with E-state index >= 15 is 0 Å². The molecule has 0 radical (unpaired) electrons. The number of rotatable bonds is 1. The van der Waals surface area contributed by atoms with Crippen LogP contribution in [-0.2, 0) is 6.61 Å². The van der Waals surface area contributed by atoms with E-state index in [1.165, 1.54) is 0 Å². The summed E-state index contributed by atoms with van der Waals surface area (Å²) in [6, 6.07) is 3.58. The van der Waals surface area contributed by atoms with Gasteiger partial charge in [-0.15, -0.1) is 0 Å². The number of hydrogen-bond acceptors (Lipinski definition) is 3. The Morgan fingerprint density at radius 3 is 2.83 bits per heavy atom. The van der Waals surface area contributed by atoms with Gasteiger partial charge in [0.1, 0.15) is 5.69 Å². The van der Waals surface area contributed by atoms with Crippen molar-refractivity contribution in [1.82, 2.24) is 4.98 Å². The molecule has 1 aromatic rings. The topological polar surface area (TPSA) is 33.1 Å². The molecule has 2 nitrogen and oxygen atoms in total. The molecular weight excluding hydrogens is 170 g/mol. The standard InChI is InChI=1S/C9H9NOS/c11-7-8-3-4-9(10-6-8)2-1-5-12/h3-4,6,11-12H,5,7H2. The fourth-order valence-corrected chi connectivity index (χ4v) is 0.801. The Morgan fingerprint density at radius 1 is 1.50 bits per heavy atom. The van der Waals surface area contributed by atoms with Gasteiger partial charge in [0, 0.05) is 6.20 Å². The van der Waals surface area contributed by atoms with Gasteiger partial charge < -0.3 is 5.11 Å². The van der Waals surface area contributed by atoms with Gasteiger partial charge >= 0.3 is 0 Å². The van der Waals surface area contributed by atoms with Gasteiger partial charge in [-0.3, -0.25) is 0 Å². The second-order valence-corrected chi connectivity index (χ2v) is 2.49. The first-order valence-electron chi connectivity index (χ1n) is 3.52. The quantitative estimate of drug-likeness (QED) is 0.495. The van der Waals surface area contributed by atoms with Crippen LogP contribution in [0.25, 0.3) is 0 Å². The van der Waals surface area contributed by atoms with E-state index in [-0.39, 0.29) is 6.61 Å². The summed E-state index contributed by atoms with van der Waals surface area (Å²) in [6.07, 6.45) is 1.61. The van der Waals surface area contributed by atoms with E-state index < -0.39 is 0 Å². The summed E-state index contributed by atoms with van der Waals surface area (Å²) in [6.45, 7) is 0.0211. The highest BCUT2D eigenvalue weighted by atomic mass is 32.1. The van der Waals surface area contributed by atoms with Crippen molar-refractivity contribution in [3.63, 3.8) is 0 Å². The lowest BCUT2D eigenvalue weighted by atomic mass is 10.2. The predicted octanol–water partition coefficient (Wildman–Crippen LogP) is 0.855. The average molecular weight is 179 g/mol. The smallest absolute Gasteiger partial charge is 0.113 e. The van der Waals surface area contributed by atoms with Gasteiger partial charge in [-0.05, 0) is 17.6 Å². The summed E-state index contributed by atoms with van der Waals surface area (Å²) in [5.74, 6) is 6.15. The molecule has 1 rings (SSSR count). The summed E-state index contributed by atoms with van der Waals surface area (Å²) in [4.78, 5) is 4.02. The molecule has 1 heterocycles. The minimum Gasteiger partial charge on any atom is -0.392 e. The monoisotopic (exact) mass is 179 g/mol. The number of aliphatic hydroxyl groups excluding tert-OH is 1. The minimum atomic E-state index is 0.0211. The van der Waals surface area contributed by atoms with Crippen LogP contribution < -0.4 is 0 Å². The third-order valence-corrected chi connectivity index (χ3v) is 1.46. The Bertz CT molecular complexity index is 297. The summed E-state index contributed by atoms with van der Waals surface area (Å²) in [5.41, 5.74) is 1.51. The normalized spacial score (nSPS) is 8.83. The van der Waals surface area contributed by atoms with Crippen molar-refractivity contribution in [2.24, 2.45) is 0 Å². The molecule has 0 amide bonds. The SMILES string of the molecule is OCc1ccc(C#CCS)nc1. The van der Waals surface area contributed by atoms with E-state index in [0.717, 1.165) is 5.56 Å². The summed E-state index contributed by atoms with van der Waals surface area (Å²) >= 11 is 3.95. The number of pyridine rings is 1. The molecule has 62 valence electrons. The van der Waals surface area contributed by atoms with Crippen LogP contribution in [0.4, 0.5) is 0 Å². The first kappa shape index (κ1) is 9.11. The molecule has 0 aromatic carbocycles. The Balaban J connectivity index is 2.78. The Labute approximate surface area is 77.1 Å². The van der Waals surface area contributed by atoms with E-state index in [4.69, 9.17) is 5.11 Å². The van der Waals surface area contributed by atoms with Gasteiger partial charge in [0.05, 0.1) is 12.4 Å². The van der Waals surface area contributed by atoms with E-state index in [1.54, 1.807) is 18.3 Å². The molecule has 0 saturated heterocycles. The van der Waals surface area contributed by atoms with Gasteiger partial charge in [0.25, 0.3) is 0 Å². The van der Waals surface area contributed by atoms with Crippen LogP contribution >= 0.6 is 12.6 Å². The van der Waals surface area contributed by atoms with Crippen molar-refractivity contribution < 1.29 is 5.11 Å². The molecular formula is C9H9NOS. The fourth-order valence-electron chi connectivity index (χ4n) is 0.722. The summed E-state index contributed by atoms with van der Waals surface area (Å²) in [5, 5.41) is 8.72. The Kier molecular flexibility index (Phi) is 3.65. The molecule has 0 fully saturated rings. The molecule has 0 unspecified atom stereocenters. The second kappa shape index (κ2) is 4.81. The maximum atomic E-state index is 8.72. The number of hydrogen-bond donors (Lipinski definition) is 2. The molecule has 0 saturated carbocycles. The largest absolute Gasteiger partial charge is 0.392 e. The van der Waals surface area contributed by atoms with Crippen LogP contribution in [0.5, 0.6) is 0 Å². The van der Waals surface area contributed by atoms with Crippen LogP contribution in [0.2, 0.25) is 0 Å². The van der Waals surface area contributed by atoms with Crippen LogP contribution in [0, 0.1) is 11.8 Å². The van der Waals surface area contributed by atoms with Crippen molar-refractivity contribution in [2.75, 3.05) is 5.75 Å². The Hall–Kier alpha value is -0.980. The van der Waals surface area contributed by atoms with E-state index in [0.29, 0.717) is 11.4 Å². The van der Waals surface area contributed by atoms with Gasteiger partial charge in [0.2, 0.25) is 0 Å². The van der Waals surface area contributed by atoms with E-state index in [1.807, 2.05) is 0 Å². The number of nitrogens with zero attached hydrogens (tertiary/aromatic N) is 1. The molecule has 0 atom stereocenters. The Morgan fingerprint density at radius 2 is 2.33 bits per heavy atom. The molecule has 0 aliphatic heterocycles. The van der Waals surface area contributed by atoms with Gasteiger partial charge in [0.15, 0.2) is 0 Å². The maximum absolute atomic E-state index is 8.72. The third-order valence-electron chi connectivity index (χ3n) is 1.30. The molecule has 1 N–H and O–H groups in total. The highest BCUT2D eigenvalue weighted by molar-refractivity contribution is 7.80. The maximum Gasteiger partial charge on any atom is 0.113 e. The lowest BCUT2D eigenvalue weighted by Crippen LogP contribution is -1.87. The second-order valence-electron chi connectivity index (χ2n) is 2.17. The molecule has 0 aliphatic carbocycles. The summed E-state index contributed by atoms with van der Waals surface area (Å²) in [7, 11) is 0. The van der Waals surface area contributed by atoms with Crippen LogP contribution in [-0.4, -0.2) is 15.8 Å². The minimum absolute atomic E-state index is 0.0211. The van der Waals surface area contributed by atoms with E-state index in [2.05, 4.69) is 29.5 Å². The predicted molar refractivity (Wildman–Crippen MR) is 50.9 cm³/mol.